The molecular weight excluding hydrogens is 476 g/mol. The van der Waals surface area contributed by atoms with E-state index in [9.17, 15) is 4.79 Å². The van der Waals surface area contributed by atoms with E-state index >= 15 is 0 Å². The molecule has 39 heavy (non-hydrogen) atoms. The standard InChI is InChI=1S/C36H24N2O/c1-37-32-20-19-25(21-30(32)33-22-24-13-5-10-18-31(24)38(33)36(37)39)35-28-16-8-6-14-26(28)34(23-11-3-2-4-12-23)27-15-7-9-17-29(27)35/h2-22H,1H3. The maximum atomic E-state index is 13.4. The second-order valence-corrected chi connectivity index (χ2v) is 10.2. The highest BCUT2D eigenvalue weighted by atomic mass is 16.1. The molecule has 0 saturated heterocycles. The summed E-state index contributed by atoms with van der Waals surface area (Å²) in [5, 5.41) is 7.03. The van der Waals surface area contributed by atoms with Gasteiger partial charge < -0.3 is 0 Å². The topological polar surface area (TPSA) is 26.4 Å². The molecule has 0 spiro atoms. The third-order valence-corrected chi connectivity index (χ3v) is 8.11. The fourth-order valence-electron chi connectivity index (χ4n) is 6.36. The molecule has 0 radical (unpaired) electrons. The molecule has 8 rings (SSSR count). The normalized spacial score (nSPS) is 11.8. The first kappa shape index (κ1) is 21.9. The van der Waals surface area contributed by atoms with Gasteiger partial charge in [-0.2, -0.15) is 0 Å². The van der Waals surface area contributed by atoms with E-state index < -0.39 is 0 Å². The molecule has 0 saturated carbocycles. The van der Waals surface area contributed by atoms with E-state index in [0.717, 1.165) is 32.9 Å². The number of hydrogen-bond acceptors (Lipinski definition) is 1. The van der Waals surface area contributed by atoms with Crippen LogP contribution in [0.5, 0.6) is 0 Å². The monoisotopic (exact) mass is 500 g/mol. The summed E-state index contributed by atoms with van der Waals surface area (Å²) in [6.45, 7) is 0. The van der Waals surface area contributed by atoms with Gasteiger partial charge in [-0.15, -0.1) is 0 Å². The lowest BCUT2D eigenvalue weighted by molar-refractivity contribution is 0.838. The lowest BCUT2D eigenvalue weighted by Crippen LogP contribution is -2.24. The summed E-state index contributed by atoms with van der Waals surface area (Å²) < 4.78 is 3.60. The van der Waals surface area contributed by atoms with Crippen LogP contribution in [0.15, 0.2) is 132 Å². The maximum Gasteiger partial charge on any atom is 0.333 e. The van der Waals surface area contributed by atoms with E-state index in [1.54, 1.807) is 4.57 Å². The minimum absolute atomic E-state index is 0.0328. The summed E-state index contributed by atoms with van der Waals surface area (Å²) in [6.07, 6.45) is 0. The lowest BCUT2D eigenvalue weighted by atomic mass is 9.86. The molecule has 0 unspecified atom stereocenters. The SMILES string of the molecule is Cn1c(=O)n2c3ccccc3cc2c2cc(-c3c4ccccc4c(-c4ccccc4)c4ccccc34)ccc21. The van der Waals surface area contributed by atoms with Gasteiger partial charge in [0, 0.05) is 17.8 Å². The van der Waals surface area contributed by atoms with E-state index in [0.29, 0.717) is 0 Å². The quantitative estimate of drug-likeness (QED) is 0.218. The molecule has 2 heterocycles. The number of aryl methyl sites for hydroxylation is 1. The first-order valence-electron chi connectivity index (χ1n) is 13.2. The molecule has 2 aromatic heterocycles. The molecule has 3 nitrogen and oxygen atoms in total. The van der Waals surface area contributed by atoms with Crippen LogP contribution in [0.1, 0.15) is 0 Å². The van der Waals surface area contributed by atoms with Crippen LogP contribution in [-0.4, -0.2) is 8.97 Å². The number of nitrogens with zero attached hydrogens (tertiary/aromatic N) is 2. The fraction of sp³-hybridized carbons (Fsp3) is 0.0278. The van der Waals surface area contributed by atoms with Crippen molar-refractivity contribution in [1.82, 2.24) is 8.97 Å². The Morgan fingerprint density at radius 1 is 0.462 bits per heavy atom. The zero-order valence-electron chi connectivity index (χ0n) is 21.4. The molecule has 6 aromatic carbocycles. The van der Waals surface area contributed by atoms with E-state index in [1.165, 1.54) is 38.2 Å². The van der Waals surface area contributed by atoms with Crippen molar-refractivity contribution in [3.8, 4) is 22.3 Å². The number of aromatic nitrogens is 2. The van der Waals surface area contributed by atoms with Crippen LogP contribution >= 0.6 is 0 Å². The van der Waals surface area contributed by atoms with Crippen LogP contribution in [-0.2, 0) is 7.05 Å². The zero-order valence-corrected chi connectivity index (χ0v) is 21.4. The highest BCUT2D eigenvalue weighted by molar-refractivity contribution is 6.22. The average molecular weight is 501 g/mol. The number of benzene rings is 6. The number of fused-ring (bicyclic) bond motifs is 7. The summed E-state index contributed by atoms with van der Waals surface area (Å²) in [5.74, 6) is 0. The van der Waals surface area contributed by atoms with Crippen molar-refractivity contribution in [2.75, 3.05) is 0 Å². The van der Waals surface area contributed by atoms with Gasteiger partial charge in [-0.3, -0.25) is 8.97 Å². The number of hydrogen-bond donors (Lipinski definition) is 0. The van der Waals surface area contributed by atoms with Crippen LogP contribution < -0.4 is 5.69 Å². The van der Waals surface area contributed by atoms with Gasteiger partial charge in [-0.1, -0.05) is 103 Å². The smallest absolute Gasteiger partial charge is 0.296 e. The maximum absolute atomic E-state index is 13.4. The van der Waals surface area contributed by atoms with E-state index in [1.807, 2.05) is 29.6 Å². The van der Waals surface area contributed by atoms with Crippen molar-refractivity contribution in [3.63, 3.8) is 0 Å². The molecule has 0 aliphatic carbocycles. The molecule has 8 aromatic rings. The highest BCUT2D eigenvalue weighted by Crippen LogP contribution is 2.44. The second-order valence-electron chi connectivity index (χ2n) is 10.2. The van der Waals surface area contributed by atoms with E-state index in [-0.39, 0.29) is 5.69 Å². The van der Waals surface area contributed by atoms with Gasteiger partial charge in [-0.05, 0) is 68.1 Å². The molecule has 184 valence electrons. The van der Waals surface area contributed by atoms with Gasteiger partial charge in [0.1, 0.15) is 0 Å². The predicted octanol–water partition coefficient (Wildman–Crippen LogP) is 8.58. The Bertz CT molecular complexity index is 2250. The molecular formula is C36H24N2O. The molecule has 0 amide bonds. The minimum Gasteiger partial charge on any atom is -0.296 e. The molecule has 0 N–H and O–H groups in total. The van der Waals surface area contributed by atoms with Crippen LogP contribution in [0.3, 0.4) is 0 Å². The fourth-order valence-corrected chi connectivity index (χ4v) is 6.36. The summed E-state index contributed by atoms with van der Waals surface area (Å²) in [4.78, 5) is 13.4. The van der Waals surface area contributed by atoms with Gasteiger partial charge >= 0.3 is 5.69 Å². The molecule has 0 aliphatic heterocycles. The molecule has 0 atom stereocenters. The van der Waals surface area contributed by atoms with Gasteiger partial charge in [0.15, 0.2) is 0 Å². The van der Waals surface area contributed by atoms with Crippen molar-refractivity contribution in [1.29, 1.82) is 0 Å². The van der Waals surface area contributed by atoms with E-state index in [4.69, 9.17) is 0 Å². The first-order chi connectivity index (χ1) is 19.2. The molecule has 0 fully saturated rings. The van der Waals surface area contributed by atoms with Crippen molar-refractivity contribution >= 4 is 48.9 Å². The second kappa shape index (κ2) is 8.17. The Hall–Kier alpha value is -5.15. The minimum atomic E-state index is -0.0328. The Morgan fingerprint density at radius 2 is 1.03 bits per heavy atom. The van der Waals surface area contributed by atoms with Gasteiger partial charge in [0.05, 0.1) is 16.6 Å². The zero-order chi connectivity index (χ0) is 26.1. The van der Waals surface area contributed by atoms with Crippen molar-refractivity contribution in [2.45, 2.75) is 0 Å². The Labute approximate surface area is 224 Å². The van der Waals surface area contributed by atoms with Crippen LogP contribution in [0.2, 0.25) is 0 Å². The third kappa shape index (κ3) is 3.07. The Balaban J connectivity index is 1.53. The van der Waals surface area contributed by atoms with Gasteiger partial charge in [-0.25, -0.2) is 4.79 Å². The summed E-state index contributed by atoms with van der Waals surface area (Å²) in [7, 11) is 1.86. The Morgan fingerprint density at radius 3 is 1.69 bits per heavy atom. The molecule has 0 aliphatic rings. The summed E-state index contributed by atoms with van der Waals surface area (Å²) in [6, 6.07) is 44.8. The van der Waals surface area contributed by atoms with Gasteiger partial charge in [0.25, 0.3) is 0 Å². The van der Waals surface area contributed by atoms with Crippen molar-refractivity contribution < 1.29 is 0 Å². The van der Waals surface area contributed by atoms with Crippen LogP contribution in [0.4, 0.5) is 0 Å². The Kier molecular flexibility index (Phi) is 4.59. The predicted molar refractivity (Wildman–Crippen MR) is 164 cm³/mol. The van der Waals surface area contributed by atoms with Crippen molar-refractivity contribution in [2.24, 2.45) is 7.05 Å². The number of para-hydroxylation sites is 1. The average Bonchev–Trinajstić information content (AvgIpc) is 3.39. The first-order valence-corrected chi connectivity index (χ1v) is 13.2. The third-order valence-electron chi connectivity index (χ3n) is 8.11. The van der Waals surface area contributed by atoms with Crippen LogP contribution in [0.25, 0.3) is 71.1 Å². The molecule has 3 heteroatoms. The van der Waals surface area contributed by atoms with Crippen molar-refractivity contribution in [3.05, 3.63) is 138 Å². The van der Waals surface area contributed by atoms with Crippen LogP contribution in [0, 0.1) is 0 Å². The van der Waals surface area contributed by atoms with E-state index in [2.05, 4.69) is 109 Å². The highest BCUT2D eigenvalue weighted by Gasteiger charge is 2.18. The largest absolute Gasteiger partial charge is 0.333 e. The molecule has 0 bridgehead atoms. The number of rotatable bonds is 2. The summed E-state index contributed by atoms with van der Waals surface area (Å²) in [5.41, 5.74) is 7.59. The summed E-state index contributed by atoms with van der Waals surface area (Å²) >= 11 is 0. The lowest BCUT2D eigenvalue weighted by Gasteiger charge is -2.18. The van der Waals surface area contributed by atoms with Gasteiger partial charge in [0.2, 0.25) is 0 Å².